The van der Waals surface area contributed by atoms with E-state index < -0.39 is 0 Å². The highest BCUT2D eigenvalue weighted by Crippen LogP contribution is 2.22. The van der Waals surface area contributed by atoms with Gasteiger partial charge in [0.25, 0.3) is 0 Å². The topological polar surface area (TPSA) is 50.5 Å². The van der Waals surface area contributed by atoms with E-state index in [0.29, 0.717) is 6.01 Å². The van der Waals surface area contributed by atoms with Gasteiger partial charge in [-0.1, -0.05) is 18.2 Å². The lowest BCUT2D eigenvalue weighted by atomic mass is 10.3. The fourth-order valence-electron chi connectivity index (χ4n) is 1.90. The summed E-state index contributed by atoms with van der Waals surface area (Å²) in [6.45, 7) is 3.17. The Morgan fingerprint density at radius 3 is 2.67 bits per heavy atom. The zero-order chi connectivity index (χ0) is 12.2. The number of hydrogen-bond acceptors (Lipinski definition) is 5. The lowest BCUT2D eigenvalue weighted by Crippen LogP contribution is -2.35. The van der Waals surface area contributed by atoms with Gasteiger partial charge >= 0.3 is 6.01 Å². The molecule has 0 saturated carbocycles. The molecule has 5 heteroatoms. The van der Waals surface area contributed by atoms with Crippen LogP contribution in [-0.2, 0) is 4.74 Å². The Balaban J connectivity index is 1.69. The first-order chi connectivity index (χ1) is 8.92. The summed E-state index contributed by atoms with van der Waals surface area (Å²) in [6, 6.07) is 10.4. The molecular weight excluding hydrogens is 230 g/mol. The van der Waals surface area contributed by atoms with Gasteiger partial charge in [0.2, 0.25) is 5.88 Å². The van der Waals surface area contributed by atoms with Crippen molar-refractivity contribution >= 4 is 17.6 Å². The number of hydrogen-bond donors (Lipinski definition) is 1. The highest BCUT2D eigenvalue weighted by molar-refractivity contribution is 5.53. The van der Waals surface area contributed by atoms with Crippen LogP contribution in [0.15, 0.2) is 40.9 Å². The largest absolute Gasteiger partial charge is 0.407 e. The first kappa shape index (κ1) is 11.1. The van der Waals surface area contributed by atoms with Crippen molar-refractivity contribution in [2.24, 2.45) is 0 Å². The normalized spacial score (nSPS) is 15.7. The third-order valence-corrected chi connectivity index (χ3v) is 2.84. The van der Waals surface area contributed by atoms with Crippen molar-refractivity contribution in [2.75, 3.05) is 36.5 Å². The van der Waals surface area contributed by atoms with Gasteiger partial charge in [0.1, 0.15) is 0 Å². The third kappa shape index (κ3) is 2.46. The van der Waals surface area contributed by atoms with Gasteiger partial charge in [0.05, 0.1) is 19.4 Å². The van der Waals surface area contributed by atoms with Crippen molar-refractivity contribution < 1.29 is 9.15 Å². The van der Waals surface area contributed by atoms with Crippen LogP contribution in [0.1, 0.15) is 0 Å². The summed E-state index contributed by atoms with van der Waals surface area (Å²) in [5.74, 6) is 0.789. The molecular formula is C13H15N3O2. The van der Waals surface area contributed by atoms with Crippen LogP contribution in [0.2, 0.25) is 0 Å². The molecule has 2 heterocycles. The van der Waals surface area contributed by atoms with Crippen LogP contribution in [0.3, 0.4) is 0 Å². The fourth-order valence-corrected chi connectivity index (χ4v) is 1.90. The van der Waals surface area contributed by atoms with Gasteiger partial charge in [0.15, 0.2) is 0 Å². The van der Waals surface area contributed by atoms with E-state index in [1.54, 1.807) is 6.20 Å². The van der Waals surface area contributed by atoms with Crippen molar-refractivity contribution in [3.8, 4) is 0 Å². The van der Waals surface area contributed by atoms with Crippen molar-refractivity contribution in [3.05, 3.63) is 36.5 Å². The summed E-state index contributed by atoms with van der Waals surface area (Å²) in [7, 11) is 0. The van der Waals surface area contributed by atoms with E-state index in [0.717, 1.165) is 37.9 Å². The number of nitrogens with one attached hydrogen (secondary N) is 1. The maximum Gasteiger partial charge on any atom is 0.300 e. The Hall–Kier alpha value is -2.01. The van der Waals surface area contributed by atoms with Crippen LogP contribution in [0, 0.1) is 0 Å². The molecule has 1 aliphatic heterocycles. The van der Waals surface area contributed by atoms with Crippen LogP contribution in [-0.4, -0.2) is 31.3 Å². The summed E-state index contributed by atoms with van der Waals surface area (Å²) in [5.41, 5.74) is 0.966. The van der Waals surface area contributed by atoms with Crippen molar-refractivity contribution in [3.63, 3.8) is 0 Å². The molecule has 1 fully saturated rings. The van der Waals surface area contributed by atoms with Crippen LogP contribution < -0.4 is 10.2 Å². The number of nitrogens with zero attached hydrogens (tertiary/aromatic N) is 2. The Kier molecular flexibility index (Phi) is 3.14. The maximum atomic E-state index is 5.68. The van der Waals surface area contributed by atoms with Gasteiger partial charge in [0, 0.05) is 18.8 Å². The Bertz CT molecular complexity index is 492. The van der Waals surface area contributed by atoms with Gasteiger partial charge in [-0.15, -0.1) is 0 Å². The summed E-state index contributed by atoms with van der Waals surface area (Å²) < 4.78 is 11.0. The molecule has 0 bridgehead atoms. The molecule has 1 aliphatic rings. The van der Waals surface area contributed by atoms with Crippen molar-refractivity contribution in [2.45, 2.75) is 0 Å². The minimum Gasteiger partial charge on any atom is -0.407 e. The standard InChI is InChI=1S/C13H15N3O2/c1-2-4-11(5-3-1)15-13-14-10-12(18-13)16-6-8-17-9-7-16/h1-5,10H,6-9H2,(H,14,15). The number of para-hydroxylation sites is 1. The van der Waals surface area contributed by atoms with Crippen LogP contribution in [0.25, 0.3) is 0 Å². The third-order valence-electron chi connectivity index (χ3n) is 2.84. The SMILES string of the molecule is c1ccc(Nc2ncc(N3CCOCC3)o2)cc1. The second kappa shape index (κ2) is 5.10. The van der Waals surface area contributed by atoms with Gasteiger partial charge in [-0.2, -0.15) is 4.98 Å². The average Bonchev–Trinajstić information content (AvgIpc) is 2.89. The highest BCUT2D eigenvalue weighted by atomic mass is 16.5. The predicted molar refractivity (Wildman–Crippen MR) is 69.3 cm³/mol. The van der Waals surface area contributed by atoms with Crippen LogP contribution in [0.5, 0.6) is 0 Å². The first-order valence-corrected chi connectivity index (χ1v) is 6.02. The summed E-state index contributed by atoms with van der Waals surface area (Å²) in [4.78, 5) is 6.36. The van der Waals surface area contributed by atoms with Crippen molar-refractivity contribution in [1.29, 1.82) is 0 Å². The minimum absolute atomic E-state index is 0.516. The molecule has 18 heavy (non-hydrogen) atoms. The average molecular weight is 245 g/mol. The molecule has 3 rings (SSSR count). The fraction of sp³-hybridized carbons (Fsp3) is 0.308. The molecule has 0 unspecified atom stereocenters. The van der Waals surface area contributed by atoms with E-state index in [-0.39, 0.29) is 0 Å². The number of rotatable bonds is 3. The second-order valence-electron chi connectivity index (χ2n) is 4.09. The van der Waals surface area contributed by atoms with Crippen LogP contribution >= 0.6 is 0 Å². The van der Waals surface area contributed by atoms with E-state index >= 15 is 0 Å². The van der Waals surface area contributed by atoms with Gasteiger partial charge < -0.3 is 19.4 Å². The predicted octanol–water partition coefficient (Wildman–Crippen LogP) is 2.25. The number of morpholine rings is 1. The van der Waals surface area contributed by atoms with E-state index in [1.165, 1.54) is 0 Å². The molecule has 1 aromatic heterocycles. The number of oxazole rings is 1. The summed E-state index contributed by atoms with van der Waals surface area (Å²) >= 11 is 0. The lowest BCUT2D eigenvalue weighted by molar-refractivity contribution is 0.121. The minimum atomic E-state index is 0.516. The summed E-state index contributed by atoms with van der Waals surface area (Å²) in [6.07, 6.45) is 1.75. The van der Waals surface area contributed by atoms with Crippen molar-refractivity contribution in [1.82, 2.24) is 4.98 Å². The van der Waals surface area contributed by atoms with E-state index in [4.69, 9.17) is 9.15 Å². The quantitative estimate of drug-likeness (QED) is 0.898. The zero-order valence-corrected chi connectivity index (χ0v) is 10.0. The molecule has 0 atom stereocenters. The maximum absolute atomic E-state index is 5.68. The Labute approximate surface area is 105 Å². The zero-order valence-electron chi connectivity index (χ0n) is 10.0. The van der Waals surface area contributed by atoms with E-state index in [9.17, 15) is 0 Å². The smallest absolute Gasteiger partial charge is 0.300 e. The van der Waals surface area contributed by atoms with Gasteiger partial charge in [-0.3, -0.25) is 0 Å². The van der Waals surface area contributed by atoms with E-state index in [2.05, 4.69) is 15.2 Å². The van der Waals surface area contributed by atoms with Gasteiger partial charge in [-0.05, 0) is 12.1 Å². The molecule has 2 aromatic rings. The molecule has 1 aromatic carbocycles. The molecule has 0 spiro atoms. The molecule has 0 amide bonds. The number of ether oxygens (including phenoxy) is 1. The Morgan fingerprint density at radius 2 is 1.89 bits per heavy atom. The summed E-state index contributed by atoms with van der Waals surface area (Å²) in [5, 5.41) is 3.13. The van der Waals surface area contributed by atoms with Crippen LogP contribution in [0.4, 0.5) is 17.6 Å². The lowest BCUT2D eigenvalue weighted by Gasteiger charge is -2.25. The van der Waals surface area contributed by atoms with E-state index in [1.807, 2.05) is 30.3 Å². The number of aromatic nitrogens is 1. The first-order valence-electron chi connectivity index (χ1n) is 6.02. The monoisotopic (exact) mass is 245 g/mol. The molecule has 1 N–H and O–H groups in total. The molecule has 5 nitrogen and oxygen atoms in total. The molecule has 94 valence electrons. The molecule has 1 saturated heterocycles. The van der Waals surface area contributed by atoms with Gasteiger partial charge in [-0.25, -0.2) is 0 Å². The number of benzene rings is 1. The Morgan fingerprint density at radius 1 is 1.11 bits per heavy atom. The second-order valence-corrected chi connectivity index (χ2v) is 4.09. The highest BCUT2D eigenvalue weighted by Gasteiger charge is 2.15. The number of anilines is 3. The molecule has 0 aliphatic carbocycles. The molecule has 0 radical (unpaired) electrons.